The Morgan fingerprint density at radius 2 is 1.64 bits per heavy atom. The molecule has 22 heavy (non-hydrogen) atoms. The maximum absolute atomic E-state index is 11.6. The summed E-state index contributed by atoms with van der Waals surface area (Å²) in [5.41, 5.74) is 2.91. The first-order valence-electron chi connectivity index (χ1n) is 7.06. The predicted molar refractivity (Wildman–Crippen MR) is 90.0 cm³/mol. The molecule has 2 rings (SSSR count). The molecule has 0 aliphatic heterocycles. The molecule has 0 aromatic heterocycles. The van der Waals surface area contributed by atoms with Crippen molar-refractivity contribution in [3.8, 4) is 5.75 Å². The highest BCUT2D eigenvalue weighted by atomic mass is 32.2. The molecule has 2 aromatic carbocycles. The average molecular weight is 319 g/mol. The number of anilines is 1. The van der Waals surface area contributed by atoms with Crippen molar-refractivity contribution in [1.82, 2.24) is 0 Å². The molecule has 0 saturated carbocycles. The van der Waals surface area contributed by atoms with Crippen LogP contribution in [0.1, 0.15) is 23.3 Å². The number of nitrogens with one attached hydrogen (secondary N) is 1. The van der Waals surface area contributed by atoms with E-state index in [9.17, 15) is 8.42 Å². The molecule has 1 N–H and O–H groups in total. The Morgan fingerprint density at radius 3 is 2.14 bits per heavy atom. The average Bonchev–Trinajstić information content (AvgIpc) is 2.52. The highest BCUT2D eigenvalue weighted by Crippen LogP contribution is 2.22. The lowest BCUT2D eigenvalue weighted by Crippen LogP contribution is -2.07. The van der Waals surface area contributed by atoms with Crippen LogP contribution in [0.2, 0.25) is 0 Å². The van der Waals surface area contributed by atoms with Gasteiger partial charge in [0.2, 0.25) is 0 Å². The second-order valence-electron chi connectivity index (χ2n) is 5.30. The number of ether oxygens (including phenoxy) is 1. The van der Waals surface area contributed by atoms with Gasteiger partial charge in [-0.2, -0.15) is 0 Å². The molecule has 0 bridgehead atoms. The van der Waals surface area contributed by atoms with E-state index in [4.69, 9.17) is 4.74 Å². The van der Waals surface area contributed by atoms with E-state index in [0.29, 0.717) is 6.54 Å². The SMILES string of the molecule is COc1ccc(CNc2ccc([C@@H](C)S(C)(=O)=O)cc2)cc1. The summed E-state index contributed by atoms with van der Waals surface area (Å²) in [5, 5.41) is 2.83. The molecule has 118 valence electrons. The van der Waals surface area contributed by atoms with Crippen LogP contribution in [0, 0.1) is 0 Å². The first-order chi connectivity index (χ1) is 10.4. The van der Waals surface area contributed by atoms with E-state index >= 15 is 0 Å². The number of hydrogen-bond acceptors (Lipinski definition) is 4. The topological polar surface area (TPSA) is 55.4 Å². The van der Waals surface area contributed by atoms with Crippen molar-refractivity contribution >= 4 is 15.5 Å². The van der Waals surface area contributed by atoms with Crippen LogP contribution in [0.4, 0.5) is 5.69 Å². The van der Waals surface area contributed by atoms with E-state index in [2.05, 4.69) is 5.32 Å². The minimum Gasteiger partial charge on any atom is -0.497 e. The number of methoxy groups -OCH3 is 1. The van der Waals surface area contributed by atoms with Crippen molar-refractivity contribution in [2.75, 3.05) is 18.7 Å². The summed E-state index contributed by atoms with van der Waals surface area (Å²) in [6, 6.07) is 15.4. The minimum absolute atomic E-state index is 0.483. The van der Waals surface area contributed by atoms with Crippen molar-refractivity contribution in [1.29, 1.82) is 0 Å². The van der Waals surface area contributed by atoms with Gasteiger partial charge in [0.15, 0.2) is 9.84 Å². The third-order valence-corrected chi connectivity index (χ3v) is 5.23. The summed E-state index contributed by atoms with van der Waals surface area (Å²) in [6.45, 7) is 2.40. The van der Waals surface area contributed by atoms with Gasteiger partial charge in [-0.25, -0.2) is 8.42 Å². The zero-order valence-electron chi connectivity index (χ0n) is 13.0. The van der Waals surface area contributed by atoms with Crippen LogP contribution >= 0.6 is 0 Å². The zero-order valence-corrected chi connectivity index (χ0v) is 13.9. The first-order valence-corrected chi connectivity index (χ1v) is 9.01. The molecule has 0 aliphatic carbocycles. The number of rotatable bonds is 6. The molecule has 0 unspecified atom stereocenters. The largest absolute Gasteiger partial charge is 0.497 e. The quantitative estimate of drug-likeness (QED) is 0.886. The standard InChI is InChI=1S/C17H21NO3S/c1-13(22(3,19)20)15-6-8-16(9-7-15)18-12-14-4-10-17(21-2)11-5-14/h4-11,13,18H,12H2,1-3H3/t13-/m1/s1. The fourth-order valence-electron chi connectivity index (χ4n) is 2.07. The highest BCUT2D eigenvalue weighted by Gasteiger charge is 2.16. The second-order valence-corrected chi connectivity index (χ2v) is 7.66. The van der Waals surface area contributed by atoms with Gasteiger partial charge in [0, 0.05) is 18.5 Å². The normalized spacial score (nSPS) is 12.7. The molecule has 0 radical (unpaired) electrons. The van der Waals surface area contributed by atoms with Gasteiger partial charge in [-0.05, 0) is 42.3 Å². The molecule has 2 aromatic rings. The maximum atomic E-state index is 11.6. The molecule has 0 saturated heterocycles. The van der Waals surface area contributed by atoms with Crippen molar-refractivity contribution in [2.45, 2.75) is 18.7 Å². The fraction of sp³-hybridized carbons (Fsp3) is 0.294. The van der Waals surface area contributed by atoms with Crippen LogP contribution in [0.5, 0.6) is 5.75 Å². The Labute approximate surface area is 132 Å². The van der Waals surface area contributed by atoms with E-state index in [-0.39, 0.29) is 0 Å². The summed E-state index contributed by atoms with van der Waals surface area (Å²) in [7, 11) is -1.42. The second kappa shape index (κ2) is 6.83. The summed E-state index contributed by atoms with van der Waals surface area (Å²) in [6.07, 6.45) is 1.26. The van der Waals surface area contributed by atoms with Gasteiger partial charge in [0.25, 0.3) is 0 Å². The molecule has 0 heterocycles. The highest BCUT2D eigenvalue weighted by molar-refractivity contribution is 7.90. The molecule has 0 aliphatic rings. The maximum Gasteiger partial charge on any atom is 0.154 e. The molecule has 0 fully saturated rings. The van der Waals surface area contributed by atoms with Crippen LogP contribution in [-0.2, 0) is 16.4 Å². The Bertz CT molecular complexity index is 707. The first kappa shape index (κ1) is 16.4. The van der Waals surface area contributed by atoms with Crippen LogP contribution in [0.3, 0.4) is 0 Å². The van der Waals surface area contributed by atoms with E-state index < -0.39 is 15.1 Å². The van der Waals surface area contributed by atoms with Crippen molar-refractivity contribution < 1.29 is 13.2 Å². The Kier molecular flexibility index (Phi) is 5.08. The van der Waals surface area contributed by atoms with E-state index in [1.165, 1.54) is 6.26 Å². The van der Waals surface area contributed by atoms with Crippen LogP contribution in [0.25, 0.3) is 0 Å². The van der Waals surface area contributed by atoms with Gasteiger partial charge >= 0.3 is 0 Å². The van der Waals surface area contributed by atoms with Crippen LogP contribution in [0.15, 0.2) is 48.5 Å². The van der Waals surface area contributed by atoms with Gasteiger partial charge in [0.1, 0.15) is 5.75 Å². The smallest absolute Gasteiger partial charge is 0.154 e. The summed E-state index contributed by atoms with van der Waals surface area (Å²) < 4.78 is 28.2. The third kappa shape index (κ3) is 4.24. The van der Waals surface area contributed by atoms with E-state index in [1.807, 2.05) is 48.5 Å². The van der Waals surface area contributed by atoms with E-state index in [1.54, 1.807) is 14.0 Å². The molecule has 4 nitrogen and oxygen atoms in total. The van der Waals surface area contributed by atoms with Gasteiger partial charge in [0.05, 0.1) is 12.4 Å². The molecule has 1 atom stereocenters. The van der Waals surface area contributed by atoms with Crippen LogP contribution < -0.4 is 10.1 Å². The number of hydrogen-bond donors (Lipinski definition) is 1. The third-order valence-electron chi connectivity index (χ3n) is 3.68. The lowest BCUT2D eigenvalue weighted by atomic mass is 10.1. The fourth-order valence-corrected chi connectivity index (χ4v) is 2.72. The molecular formula is C17H21NO3S. The molecule has 0 spiro atoms. The van der Waals surface area contributed by atoms with Crippen molar-refractivity contribution in [2.24, 2.45) is 0 Å². The Morgan fingerprint density at radius 1 is 1.05 bits per heavy atom. The molecule has 0 amide bonds. The molecule has 5 heteroatoms. The zero-order chi connectivity index (χ0) is 16.2. The summed E-state index contributed by atoms with van der Waals surface area (Å²) in [5.74, 6) is 0.836. The van der Waals surface area contributed by atoms with E-state index in [0.717, 1.165) is 22.6 Å². The van der Waals surface area contributed by atoms with Crippen molar-refractivity contribution in [3.05, 3.63) is 59.7 Å². The lowest BCUT2D eigenvalue weighted by molar-refractivity contribution is 0.414. The van der Waals surface area contributed by atoms with Gasteiger partial charge in [-0.3, -0.25) is 0 Å². The number of benzene rings is 2. The summed E-state index contributed by atoms with van der Waals surface area (Å²) >= 11 is 0. The Balaban J connectivity index is 1.99. The molecular weight excluding hydrogens is 298 g/mol. The minimum atomic E-state index is -3.06. The van der Waals surface area contributed by atoms with Crippen molar-refractivity contribution in [3.63, 3.8) is 0 Å². The van der Waals surface area contributed by atoms with Gasteiger partial charge < -0.3 is 10.1 Å². The number of sulfone groups is 1. The van der Waals surface area contributed by atoms with Gasteiger partial charge in [-0.15, -0.1) is 0 Å². The van der Waals surface area contributed by atoms with Gasteiger partial charge in [-0.1, -0.05) is 24.3 Å². The monoisotopic (exact) mass is 319 g/mol. The van der Waals surface area contributed by atoms with Crippen LogP contribution in [-0.4, -0.2) is 21.8 Å². The summed E-state index contributed by atoms with van der Waals surface area (Å²) in [4.78, 5) is 0. The predicted octanol–water partition coefficient (Wildman–Crippen LogP) is 3.41. The Hall–Kier alpha value is -2.01. The lowest BCUT2D eigenvalue weighted by Gasteiger charge is -2.12.